The smallest absolute Gasteiger partial charge is 0.328 e. The van der Waals surface area contributed by atoms with Crippen LogP contribution in [-0.4, -0.2) is 35.0 Å². The summed E-state index contributed by atoms with van der Waals surface area (Å²) in [5.41, 5.74) is 6.60. The summed E-state index contributed by atoms with van der Waals surface area (Å²) in [6, 6.07) is 4.43. The van der Waals surface area contributed by atoms with Gasteiger partial charge in [0.15, 0.2) is 0 Å². The number of benzene rings is 1. The van der Waals surface area contributed by atoms with Crippen molar-refractivity contribution in [2.45, 2.75) is 25.3 Å². The lowest BCUT2D eigenvalue weighted by atomic mass is 10.1. The van der Waals surface area contributed by atoms with Gasteiger partial charge in [0.25, 0.3) is 0 Å². The van der Waals surface area contributed by atoms with Gasteiger partial charge in [0.2, 0.25) is 0 Å². The Morgan fingerprint density at radius 1 is 1.50 bits per heavy atom. The van der Waals surface area contributed by atoms with Gasteiger partial charge in [-0.2, -0.15) is 0 Å². The van der Waals surface area contributed by atoms with Crippen LogP contribution in [0.3, 0.4) is 0 Å². The summed E-state index contributed by atoms with van der Waals surface area (Å²) >= 11 is 0. The number of para-hydroxylation sites is 1. The van der Waals surface area contributed by atoms with Gasteiger partial charge in [-0.1, -0.05) is 18.2 Å². The van der Waals surface area contributed by atoms with Gasteiger partial charge >= 0.3 is 5.97 Å². The number of hydrogen-bond donors (Lipinski definition) is 3. The molecule has 0 radical (unpaired) electrons. The van der Waals surface area contributed by atoms with Crippen LogP contribution in [0.25, 0.3) is 0 Å². The van der Waals surface area contributed by atoms with Gasteiger partial charge in [0, 0.05) is 11.8 Å². The van der Waals surface area contributed by atoms with Crippen molar-refractivity contribution in [2.75, 3.05) is 6.54 Å². The van der Waals surface area contributed by atoms with Gasteiger partial charge in [-0.05, 0) is 37.4 Å². The van der Waals surface area contributed by atoms with E-state index in [2.05, 4.69) is 11.6 Å². The summed E-state index contributed by atoms with van der Waals surface area (Å²) in [5, 5.41) is 19.1. The Kier molecular flexibility index (Phi) is 6.46. The van der Waals surface area contributed by atoms with E-state index in [-0.39, 0.29) is 5.75 Å². The fraction of sp³-hybridized carbons (Fsp3) is 0.333. The van der Waals surface area contributed by atoms with Gasteiger partial charge in [0.05, 0.1) is 0 Å². The van der Waals surface area contributed by atoms with Crippen LogP contribution in [0.1, 0.15) is 24.0 Å². The van der Waals surface area contributed by atoms with E-state index < -0.39 is 12.0 Å². The number of hydrogen-bond acceptors (Lipinski definition) is 4. The molecule has 0 bridgehead atoms. The van der Waals surface area contributed by atoms with Gasteiger partial charge in [-0.3, -0.25) is 4.99 Å². The number of carbonyl (C=O) groups is 1. The van der Waals surface area contributed by atoms with Crippen LogP contribution in [0.5, 0.6) is 5.75 Å². The van der Waals surface area contributed by atoms with Crippen molar-refractivity contribution >= 4 is 12.2 Å². The van der Waals surface area contributed by atoms with E-state index in [9.17, 15) is 9.90 Å². The van der Waals surface area contributed by atoms with E-state index in [0.29, 0.717) is 31.4 Å². The van der Waals surface area contributed by atoms with E-state index in [0.717, 1.165) is 5.56 Å². The van der Waals surface area contributed by atoms with Crippen LogP contribution in [0.15, 0.2) is 35.8 Å². The molecule has 0 aliphatic rings. The number of phenolic OH excluding ortho intramolecular Hbond substituents is 1. The number of aliphatic imine (C=N–C) groups is 1. The van der Waals surface area contributed by atoms with Gasteiger partial charge < -0.3 is 15.9 Å². The Balaban J connectivity index is 2.89. The fourth-order valence-electron chi connectivity index (χ4n) is 1.78. The van der Waals surface area contributed by atoms with Crippen LogP contribution in [0, 0.1) is 0 Å². The molecule has 4 N–H and O–H groups in total. The normalized spacial score (nSPS) is 12.4. The highest BCUT2D eigenvalue weighted by Crippen LogP contribution is 2.22. The maximum absolute atomic E-state index is 11.1. The second-order valence-electron chi connectivity index (χ2n) is 4.41. The van der Waals surface area contributed by atoms with Crippen molar-refractivity contribution in [2.24, 2.45) is 10.7 Å². The molecule has 0 amide bonds. The van der Waals surface area contributed by atoms with Crippen LogP contribution in [0.2, 0.25) is 0 Å². The molecule has 108 valence electrons. The molecule has 0 aliphatic heterocycles. The van der Waals surface area contributed by atoms with E-state index in [1.54, 1.807) is 24.3 Å². The summed E-state index contributed by atoms with van der Waals surface area (Å²) in [7, 11) is 0. The van der Waals surface area contributed by atoms with Crippen molar-refractivity contribution in [1.29, 1.82) is 0 Å². The predicted molar refractivity (Wildman–Crippen MR) is 79.3 cm³/mol. The molecule has 1 aromatic carbocycles. The second-order valence-corrected chi connectivity index (χ2v) is 4.41. The van der Waals surface area contributed by atoms with Crippen molar-refractivity contribution in [3.63, 3.8) is 0 Å². The van der Waals surface area contributed by atoms with E-state index in [4.69, 9.17) is 10.8 Å². The standard InChI is InChI=1S/C15H20N2O3/c1-2-5-11-6-3-7-12(14(11)18)10-17-13(15(19)20)8-4-9-16/h2-3,6-7,10,13,18H,1,4-5,8-9,16H2,(H,19,20)/t13-/m0/s1. The highest BCUT2D eigenvalue weighted by atomic mass is 16.4. The lowest BCUT2D eigenvalue weighted by molar-refractivity contribution is -0.138. The Hall–Kier alpha value is -2.14. The molecule has 1 rings (SSSR count). The number of carboxylic acid groups (broad SMARTS) is 1. The SMILES string of the molecule is C=CCc1cccc(C=N[C@@H](CCCN)C(=O)O)c1O. The molecule has 0 spiro atoms. The molecule has 0 heterocycles. The summed E-state index contributed by atoms with van der Waals surface area (Å²) < 4.78 is 0. The predicted octanol–water partition coefficient (Wildman–Crippen LogP) is 1.73. The van der Waals surface area contributed by atoms with Gasteiger partial charge in [-0.15, -0.1) is 6.58 Å². The minimum Gasteiger partial charge on any atom is -0.507 e. The minimum absolute atomic E-state index is 0.110. The summed E-state index contributed by atoms with van der Waals surface area (Å²) in [6.07, 6.45) is 4.61. The molecule has 0 aliphatic carbocycles. The molecule has 0 fully saturated rings. The quantitative estimate of drug-likeness (QED) is 0.497. The number of carboxylic acids is 1. The molecule has 1 aromatic rings. The van der Waals surface area contributed by atoms with Gasteiger partial charge in [0.1, 0.15) is 11.8 Å². The van der Waals surface area contributed by atoms with E-state index >= 15 is 0 Å². The third kappa shape index (κ3) is 4.51. The van der Waals surface area contributed by atoms with Crippen LogP contribution < -0.4 is 5.73 Å². The summed E-state index contributed by atoms with van der Waals surface area (Å²) in [5.74, 6) is -0.879. The molecule has 0 saturated carbocycles. The number of rotatable bonds is 8. The van der Waals surface area contributed by atoms with Crippen molar-refractivity contribution < 1.29 is 15.0 Å². The Bertz CT molecular complexity index is 498. The highest BCUT2D eigenvalue weighted by Gasteiger charge is 2.14. The number of nitrogens with two attached hydrogens (primary N) is 1. The third-order valence-electron chi connectivity index (χ3n) is 2.88. The Labute approximate surface area is 118 Å². The average Bonchev–Trinajstić information content (AvgIpc) is 2.42. The number of aliphatic carboxylic acids is 1. The zero-order valence-corrected chi connectivity index (χ0v) is 11.3. The average molecular weight is 276 g/mol. The van der Waals surface area contributed by atoms with Crippen LogP contribution in [-0.2, 0) is 11.2 Å². The first-order valence-corrected chi connectivity index (χ1v) is 6.48. The Morgan fingerprint density at radius 2 is 2.25 bits per heavy atom. The molecule has 5 nitrogen and oxygen atoms in total. The first-order valence-electron chi connectivity index (χ1n) is 6.48. The van der Waals surface area contributed by atoms with Crippen LogP contribution in [0.4, 0.5) is 0 Å². The topological polar surface area (TPSA) is 95.9 Å². The number of phenols is 1. The van der Waals surface area contributed by atoms with E-state index in [1.165, 1.54) is 6.21 Å². The summed E-state index contributed by atoms with van der Waals surface area (Å²) in [4.78, 5) is 15.1. The first-order chi connectivity index (χ1) is 9.60. The largest absolute Gasteiger partial charge is 0.507 e. The summed E-state index contributed by atoms with van der Waals surface area (Å²) in [6.45, 7) is 4.05. The maximum atomic E-state index is 11.1. The zero-order valence-electron chi connectivity index (χ0n) is 11.3. The minimum atomic E-state index is -0.989. The second kappa shape index (κ2) is 8.12. The molecule has 0 unspecified atom stereocenters. The molecular formula is C15H20N2O3. The van der Waals surface area contributed by atoms with Crippen LogP contribution >= 0.6 is 0 Å². The monoisotopic (exact) mass is 276 g/mol. The fourth-order valence-corrected chi connectivity index (χ4v) is 1.78. The van der Waals surface area contributed by atoms with Crippen molar-refractivity contribution in [3.05, 3.63) is 42.0 Å². The van der Waals surface area contributed by atoms with Crippen molar-refractivity contribution in [1.82, 2.24) is 0 Å². The molecular weight excluding hydrogens is 256 g/mol. The maximum Gasteiger partial charge on any atom is 0.328 e. The molecule has 0 aromatic heterocycles. The van der Waals surface area contributed by atoms with Crippen molar-refractivity contribution in [3.8, 4) is 5.75 Å². The number of nitrogens with zero attached hydrogens (tertiary/aromatic N) is 1. The third-order valence-corrected chi connectivity index (χ3v) is 2.88. The molecule has 1 atom stereocenters. The van der Waals surface area contributed by atoms with Gasteiger partial charge in [-0.25, -0.2) is 4.79 Å². The molecule has 5 heteroatoms. The zero-order chi connectivity index (χ0) is 15.0. The first kappa shape index (κ1) is 15.9. The lowest BCUT2D eigenvalue weighted by Crippen LogP contribution is -2.19. The number of allylic oxidation sites excluding steroid dienone is 1. The molecule has 20 heavy (non-hydrogen) atoms. The Morgan fingerprint density at radius 3 is 2.85 bits per heavy atom. The van der Waals surface area contributed by atoms with E-state index in [1.807, 2.05) is 0 Å². The number of aromatic hydroxyl groups is 1. The molecule has 0 saturated heterocycles. The lowest BCUT2D eigenvalue weighted by Gasteiger charge is -2.07. The highest BCUT2D eigenvalue weighted by molar-refractivity contribution is 5.86.